The highest BCUT2D eigenvalue weighted by Gasteiger charge is 2.48. The van der Waals surface area contributed by atoms with Crippen molar-refractivity contribution in [3.05, 3.63) is 113 Å². The Hall–Kier alpha value is -3.04. The van der Waals surface area contributed by atoms with Crippen LogP contribution in [0, 0.1) is 0 Å². The van der Waals surface area contributed by atoms with Gasteiger partial charge in [0.05, 0.1) is 19.3 Å². The summed E-state index contributed by atoms with van der Waals surface area (Å²) in [7, 11) is 0. The van der Waals surface area contributed by atoms with E-state index >= 15 is 0 Å². The van der Waals surface area contributed by atoms with E-state index in [1.54, 1.807) is 0 Å². The largest absolute Gasteiger partial charge is 0.462 e. The summed E-state index contributed by atoms with van der Waals surface area (Å²) in [4.78, 5) is 16.0. The maximum absolute atomic E-state index is 11.9. The fourth-order valence-electron chi connectivity index (χ4n) is 4.08. The van der Waals surface area contributed by atoms with Gasteiger partial charge in [-0.25, -0.2) is 0 Å². The second-order valence-electron chi connectivity index (χ2n) is 8.51. The molecule has 1 fully saturated rings. The predicted octanol–water partition coefficient (Wildman–Crippen LogP) is 6.14. The minimum Gasteiger partial charge on any atom is -0.462 e. The van der Waals surface area contributed by atoms with Crippen molar-refractivity contribution in [3.63, 3.8) is 0 Å². The van der Waals surface area contributed by atoms with Crippen molar-refractivity contribution in [2.24, 2.45) is 5.11 Å². The molecule has 0 N–H and O–H groups in total. The molecule has 1 saturated heterocycles. The number of hydrogen-bond donors (Lipinski definition) is 0. The Balaban J connectivity index is 1.65. The van der Waals surface area contributed by atoms with E-state index in [1.165, 1.54) is 11.8 Å². The Bertz CT molecular complexity index is 1180. The van der Waals surface area contributed by atoms with Crippen LogP contribution < -0.4 is 0 Å². The molecule has 0 bridgehead atoms. The summed E-state index contributed by atoms with van der Waals surface area (Å²) >= 11 is 7.07. The van der Waals surface area contributed by atoms with Crippen LogP contribution in [0.1, 0.15) is 11.1 Å². The maximum atomic E-state index is 11.9. The van der Waals surface area contributed by atoms with Crippen LogP contribution in [-0.4, -0.2) is 48.2 Å². The lowest BCUT2D eigenvalue weighted by molar-refractivity contribution is -0.210. The summed E-state index contributed by atoms with van der Waals surface area (Å²) in [6, 6.07) is 28.3. The first-order chi connectivity index (χ1) is 18.7. The predicted molar refractivity (Wildman–Crippen MR) is 146 cm³/mol. The molecule has 0 radical (unpaired) electrons. The Morgan fingerprint density at radius 2 is 1.45 bits per heavy atom. The molecule has 0 aromatic heterocycles. The summed E-state index contributed by atoms with van der Waals surface area (Å²) in [6.45, 7) is 0.440. The Morgan fingerprint density at radius 1 is 0.895 bits per heavy atom. The van der Waals surface area contributed by atoms with E-state index in [0.717, 1.165) is 16.0 Å². The number of ether oxygens (including phenoxy) is 4. The van der Waals surface area contributed by atoms with E-state index in [1.807, 2.05) is 91.0 Å². The van der Waals surface area contributed by atoms with Crippen molar-refractivity contribution in [2.45, 2.75) is 47.9 Å². The zero-order valence-corrected chi connectivity index (χ0v) is 22.1. The summed E-state index contributed by atoms with van der Waals surface area (Å²) in [5.41, 5.74) is 10.8. The third-order valence-electron chi connectivity index (χ3n) is 5.88. The number of esters is 1. The summed E-state index contributed by atoms with van der Waals surface area (Å²) in [5, 5.41) is 4.11. The molecule has 0 amide bonds. The monoisotopic (exact) mass is 553 g/mol. The minimum atomic E-state index is -0.727. The highest BCUT2D eigenvalue weighted by molar-refractivity contribution is 7.99. The number of carbonyl (C=O) groups is 1. The van der Waals surface area contributed by atoms with Gasteiger partial charge in [-0.05, 0) is 28.8 Å². The minimum absolute atomic E-state index is 0.0922. The van der Waals surface area contributed by atoms with E-state index in [0.29, 0.717) is 0 Å². The van der Waals surface area contributed by atoms with Crippen LogP contribution in [0.15, 0.2) is 101 Å². The first-order valence-electron chi connectivity index (χ1n) is 12.1. The molecule has 198 valence electrons. The van der Waals surface area contributed by atoms with Gasteiger partial charge in [-0.3, -0.25) is 4.79 Å². The normalized spacial score (nSPS) is 22.8. The molecular weight excluding hydrogens is 526 g/mol. The lowest BCUT2D eigenvalue weighted by Crippen LogP contribution is -2.59. The molecule has 10 heteroatoms. The second kappa shape index (κ2) is 14.8. The number of alkyl halides is 1. The molecule has 3 aromatic carbocycles. The van der Waals surface area contributed by atoms with Gasteiger partial charge in [0.1, 0.15) is 36.2 Å². The number of halogens is 1. The highest BCUT2D eigenvalue weighted by Crippen LogP contribution is 2.38. The van der Waals surface area contributed by atoms with Crippen LogP contribution in [0.2, 0.25) is 0 Å². The molecule has 0 aliphatic carbocycles. The van der Waals surface area contributed by atoms with Crippen LogP contribution in [0.4, 0.5) is 0 Å². The molecule has 4 rings (SSSR count). The van der Waals surface area contributed by atoms with Crippen LogP contribution in [0.25, 0.3) is 10.4 Å². The molecule has 0 spiro atoms. The highest BCUT2D eigenvalue weighted by atomic mass is 35.5. The van der Waals surface area contributed by atoms with Crippen molar-refractivity contribution >= 4 is 29.3 Å². The number of thioether (sulfide) groups is 1. The average molecular weight is 554 g/mol. The number of benzene rings is 3. The molecule has 0 unspecified atom stereocenters. The molecule has 0 saturated carbocycles. The Labute approximate surface area is 230 Å². The number of azide groups is 1. The van der Waals surface area contributed by atoms with E-state index in [-0.39, 0.29) is 25.7 Å². The number of carbonyl (C=O) groups excluding carboxylic acids is 1. The topological polar surface area (TPSA) is 103 Å². The van der Waals surface area contributed by atoms with Crippen molar-refractivity contribution in [1.82, 2.24) is 0 Å². The van der Waals surface area contributed by atoms with Gasteiger partial charge in [-0.15, -0.1) is 11.6 Å². The van der Waals surface area contributed by atoms with Gasteiger partial charge in [0.15, 0.2) is 0 Å². The molecule has 1 heterocycles. The number of rotatable bonds is 12. The number of nitrogens with zero attached hydrogens (tertiary/aromatic N) is 3. The quantitative estimate of drug-likeness (QED) is 0.0878. The van der Waals surface area contributed by atoms with Gasteiger partial charge < -0.3 is 18.9 Å². The lowest BCUT2D eigenvalue weighted by Gasteiger charge is -2.44. The van der Waals surface area contributed by atoms with Crippen LogP contribution in [-0.2, 0) is 37.0 Å². The smallest absolute Gasteiger partial charge is 0.320 e. The van der Waals surface area contributed by atoms with E-state index in [9.17, 15) is 10.3 Å². The Morgan fingerprint density at radius 3 is 2.00 bits per heavy atom. The fraction of sp³-hybridized carbons (Fsp3) is 0.321. The average Bonchev–Trinajstić information content (AvgIpc) is 2.97. The van der Waals surface area contributed by atoms with E-state index in [2.05, 4.69) is 10.0 Å². The van der Waals surface area contributed by atoms with Gasteiger partial charge in [0.2, 0.25) is 0 Å². The first kappa shape index (κ1) is 28.0. The summed E-state index contributed by atoms with van der Waals surface area (Å²) in [5.74, 6) is -0.844. The van der Waals surface area contributed by atoms with Crippen molar-refractivity contribution < 1.29 is 23.7 Å². The van der Waals surface area contributed by atoms with Crippen LogP contribution in [0.5, 0.6) is 0 Å². The molecular formula is C28H28ClN3O5S. The van der Waals surface area contributed by atoms with Crippen LogP contribution in [0.3, 0.4) is 0 Å². The molecule has 5 atom stereocenters. The van der Waals surface area contributed by atoms with Crippen molar-refractivity contribution in [1.29, 1.82) is 0 Å². The standard InChI is InChI=1S/C28H28ClN3O5S/c29-16-24(33)34-19-23-26(35-17-20-10-4-1-5-11-20)27(36-18-21-12-6-2-7-13-21)25(31-32-30)28(37-23)38-22-14-8-3-9-15-22/h1-15,23,25-28H,16-19H2/t23-,25-,26-,27-,28+/m1/s1. The van der Waals surface area contributed by atoms with E-state index < -0.39 is 35.8 Å². The van der Waals surface area contributed by atoms with Crippen LogP contribution >= 0.6 is 23.4 Å². The SMILES string of the molecule is [N-]=[N+]=N[C@@H]1[C@@H](OCc2ccccc2)[C@H](OCc2ccccc2)[C@@H](COC(=O)CCl)O[C@H]1Sc1ccccc1. The third-order valence-corrected chi connectivity index (χ3v) is 7.27. The molecule has 8 nitrogen and oxygen atoms in total. The van der Waals surface area contributed by atoms with E-state index in [4.69, 9.17) is 30.5 Å². The van der Waals surface area contributed by atoms with Gasteiger partial charge >= 0.3 is 5.97 Å². The molecule has 1 aliphatic rings. The summed E-state index contributed by atoms with van der Waals surface area (Å²) in [6.07, 6.45) is -2.09. The number of hydrogen-bond acceptors (Lipinski definition) is 7. The zero-order chi connectivity index (χ0) is 26.6. The van der Waals surface area contributed by atoms with Gasteiger partial charge in [-0.2, -0.15) is 0 Å². The van der Waals surface area contributed by atoms with Crippen molar-refractivity contribution in [2.75, 3.05) is 12.5 Å². The summed E-state index contributed by atoms with van der Waals surface area (Å²) < 4.78 is 24.6. The molecule has 3 aromatic rings. The fourth-order valence-corrected chi connectivity index (χ4v) is 5.28. The zero-order valence-electron chi connectivity index (χ0n) is 20.5. The van der Waals surface area contributed by atoms with Gasteiger partial charge in [-0.1, -0.05) is 95.7 Å². The van der Waals surface area contributed by atoms with Gasteiger partial charge in [0.25, 0.3) is 0 Å². The van der Waals surface area contributed by atoms with Crippen molar-refractivity contribution in [3.8, 4) is 0 Å². The third kappa shape index (κ3) is 7.98. The lowest BCUT2D eigenvalue weighted by atomic mass is 9.97. The maximum Gasteiger partial charge on any atom is 0.320 e. The van der Waals surface area contributed by atoms with Gasteiger partial charge in [0, 0.05) is 9.81 Å². The second-order valence-corrected chi connectivity index (χ2v) is 9.95. The first-order valence-corrected chi connectivity index (χ1v) is 13.5. The Kier molecular flexibility index (Phi) is 10.9. The molecule has 1 aliphatic heterocycles. The molecule has 38 heavy (non-hydrogen) atoms.